The van der Waals surface area contributed by atoms with Crippen molar-refractivity contribution in [2.45, 2.75) is 6.92 Å². The Hall–Kier alpha value is -2.56. The molecule has 0 aliphatic carbocycles. The molecule has 1 atom stereocenters. The van der Waals surface area contributed by atoms with Gasteiger partial charge in [-0.25, -0.2) is 18.7 Å². The zero-order valence-corrected chi connectivity index (χ0v) is 18.8. The summed E-state index contributed by atoms with van der Waals surface area (Å²) >= 11 is 3.41. The zero-order valence-electron chi connectivity index (χ0n) is 16.4. The number of hydrogen-bond donors (Lipinski definition) is 2. The van der Waals surface area contributed by atoms with Gasteiger partial charge in [-0.2, -0.15) is 0 Å². The Morgan fingerprint density at radius 3 is 2.60 bits per heavy atom. The number of aromatic nitrogens is 2. The van der Waals surface area contributed by atoms with Crippen molar-refractivity contribution in [1.82, 2.24) is 9.97 Å². The van der Waals surface area contributed by atoms with Crippen molar-refractivity contribution in [2.24, 2.45) is 5.14 Å². The maximum atomic E-state index is 14.5. The molecule has 0 saturated carbocycles. The minimum Gasteiger partial charge on any atom is -0.496 e. The summed E-state index contributed by atoms with van der Waals surface area (Å²) in [5, 5.41) is 10.1. The Balaban J connectivity index is 2.04. The van der Waals surface area contributed by atoms with E-state index in [4.69, 9.17) is 9.88 Å². The summed E-state index contributed by atoms with van der Waals surface area (Å²) in [5.74, 6) is -0.173. The van der Waals surface area contributed by atoms with Crippen LogP contribution in [0.4, 0.5) is 20.4 Å². The van der Waals surface area contributed by atoms with Crippen LogP contribution in [0, 0.1) is 18.6 Å². The van der Waals surface area contributed by atoms with Gasteiger partial charge in [0, 0.05) is 48.6 Å². The molecule has 6 nitrogen and oxygen atoms in total. The van der Waals surface area contributed by atoms with Crippen molar-refractivity contribution in [2.75, 3.05) is 18.7 Å². The fourth-order valence-corrected chi connectivity index (χ4v) is 3.97. The van der Waals surface area contributed by atoms with E-state index in [0.717, 1.165) is 6.20 Å². The van der Waals surface area contributed by atoms with Gasteiger partial charge in [0.25, 0.3) is 0 Å². The molecule has 10 heteroatoms. The highest BCUT2D eigenvalue weighted by Crippen LogP contribution is 2.34. The van der Waals surface area contributed by atoms with Crippen molar-refractivity contribution in [3.8, 4) is 16.9 Å². The molecule has 0 amide bonds. The lowest BCUT2D eigenvalue weighted by Gasteiger charge is -2.13. The monoisotopic (exact) mass is 496 g/mol. The Labute approximate surface area is 181 Å². The first-order chi connectivity index (χ1) is 14.1. The number of nitrogens with one attached hydrogen (secondary N) is 1. The molecule has 2 heterocycles. The first-order valence-corrected chi connectivity index (χ1v) is 11.5. The molecular weight excluding hydrogens is 478 g/mol. The van der Waals surface area contributed by atoms with Crippen molar-refractivity contribution in [1.29, 1.82) is 0 Å². The lowest BCUT2D eigenvalue weighted by atomic mass is 10.0. The molecule has 0 fully saturated rings. The van der Waals surface area contributed by atoms with Gasteiger partial charge in [0.1, 0.15) is 29.0 Å². The van der Waals surface area contributed by atoms with Gasteiger partial charge in [-0.05, 0) is 47.1 Å². The summed E-state index contributed by atoms with van der Waals surface area (Å²) in [5.41, 5.74) is 1.80. The first-order valence-electron chi connectivity index (χ1n) is 8.62. The lowest BCUT2D eigenvalue weighted by Crippen LogP contribution is -2.13. The van der Waals surface area contributed by atoms with Gasteiger partial charge in [0.2, 0.25) is 0 Å². The molecule has 0 saturated heterocycles. The van der Waals surface area contributed by atoms with Gasteiger partial charge < -0.3 is 10.1 Å². The normalized spacial score (nSPS) is 12.9. The van der Waals surface area contributed by atoms with Crippen molar-refractivity contribution >= 4 is 42.6 Å². The van der Waals surface area contributed by atoms with E-state index in [1.807, 2.05) is 0 Å². The van der Waals surface area contributed by atoms with Crippen molar-refractivity contribution in [3.63, 3.8) is 0 Å². The number of anilines is 2. The van der Waals surface area contributed by atoms with Crippen LogP contribution >= 0.6 is 15.9 Å². The van der Waals surface area contributed by atoms with Gasteiger partial charge in [-0.15, -0.1) is 0 Å². The van der Waals surface area contributed by atoms with Crippen LogP contribution in [0.25, 0.3) is 11.1 Å². The van der Waals surface area contributed by atoms with Crippen LogP contribution in [0.15, 0.2) is 41.0 Å². The SMILES string of the molecule is COc1cc(F)ccc1-c1cc(Nc2cc(C=S(C)(N)=O)c(Br)c(C)n2)ncc1F. The van der Waals surface area contributed by atoms with E-state index in [9.17, 15) is 13.0 Å². The van der Waals surface area contributed by atoms with Crippen LogP contribution in [0.2, 0.25) is 0 Å². The number of nitrogens with two attached hydrogens (primary N) is 1. The standard InChI is InChI=1S/C20H19BrF2N4O2S/c1-11-20(21)12(10-30(3,24)28)6-19(26-11)27-18-8-15(16(23)9-25-18)14-5-4-13(22)7-17(14)29-2/h4-10H,1-3H3,(H2,24,28)(H,25,26,27). The topological polar surface area (TPSA) is 90.1 Å². The summed E-state index contributed by atoms with van der Waals surface area (Å²) in [6, 6.07) is 6.96. The fourth-order valence-electron chi connectivity index (χ4n) is 2.82. The quantitative estimate of drug-likeness (QED) is 0.517. The van der Waals surface area contributed by atoms with Gasteiger partial charge in [-0.3, -0.25) is 9.35 Å². The second-order valence-corrected chi connectivity index (χ2v) is 9.56. The summed E-state index contributed by atoms with van der Waals surface area (Å²) in [6.07, 6.45) is 2.48. The van der Waals surface area contributed by atoms with Crippen LogP contribution in [0.3, 0.4) is 0 Å². The van der Waals surface area contributed by atoms with Crippen LogP contribution in [0.1, 0.15) is 11.3 Å². The molecule has 0 aliphatic rings. The molecule has 0 spiro atoms. The predicted octanol–water partition coefficient (Wildman–Crippen LogP) is 4.18. The van der Waals surface area contributed by atoms with E-state index < -0.39 is 21.3 Å². The van der Waals surface area contributed by atoms with Crippen LogP contribution in [-0.4, -0.2) is 32.9 Å². The Morgan fingerprint density at radius 1 is 1.20 bits per heavy atom. The van der Waals surface area contributed by atoms with Crippen LogP contribution < -0.4 is 15.2 Å². The molecule has 158 valence electrons. The molecule has 1 unspecified atom stereocenters. The van der Waals surface area contributed by atoms with E-state index in [2.05, 4.69) is 31.2 Å². The fraction of sp³-hybridized carbons (Fsp3) is 0.150. The molecular formula is C20H19BrF2N4O2S. The number of benzene rings is 1. The third kappa shape index (κ3) is 5.13. The van der Waals surface area contributed by atoms with Crippen molar-refractivity contribution in [3.05, 3.63) is 63.9 Å². The van der Waals surface area contributed by atoms with E-state index in [1.54, 1.807) is 13.0 Å². The first kappa shape index (κ1) is 22.1. The summed E-state index contributed by atoms with van der Waals surface area (Å²) in [7, 11) is -1.25. The summed E-state index contributed by atoms with van der Waals surface area (Å²) in [6.45, 7) is 1.77. The summed E-state index contributed by atoms with van der Waals surface area (Å²) < 4.78 is 45.8. The van der Waals surface area contributed by atoms with Gasteiger partial charge >= 0.3 is 0 Å². The molecule has 3 rings (SSSR count). The third-order valence-corrected chi connectivity index (χ3v) is 5.83. The number of nitrogens with zero attached hydrogens (tertiary/aromatic N) is 2. The number of ether oxygens (including phenoxy) is 1. The number of rotatable bonds is 5. The minimum absolute atomic E-state index is 0.184. The maximum Gasteiger partial charge on any atom is 0.149 e. The van der Waals surface area contributed by atoms with Gasteiger partial charge in [0.15, 0.2) is 0 Å². The average molecular weight is 497 g/mol. The van der Waals surface area contributed by atoms with E-state index >= 15 is 0 Å². The zero-order chi connectivity index (χ0) is 22.1. The molecule has 2 aromatic heterocycles. The van der Waals surface area contributed by atoms with E-state index in [-0.39, 0.29) is 11.3 Å². The molecule has 0 aliphatic heterocycles. The number of halogens is 3. The van der Waals surface area contributed by atoms with Crippen LogP contribution in [0.5, 0.6) is 5.75 Å². The largest absolute Gasteiger partial charge is 0.496 e. The van der Waals surface area contributed by atoms with Crippen molar-refractivity contribution < 1.29 is 17.7 Å². The third-order valence-electron chi connectivity index (χ3n) is 4.08. The molecule has 0 bridgehead atoms. The highest BCUT2D eigenvalue weighted by Gasteiger charge is 2.14. The van der Waals surface area contributed by atoms with E-state index in [1.165, 1.54) is 43.0 Å². The number of aryl methyl sites for hydroxylation is 1. The van der Waals surface area contributed by atoms with E-state index in [0.29, 0.717) is 32.9 Å². The summed E-state index contributed by atoms with van der Waals surface area (Å²) in [4.78, 5) is 8.45. The lowest BCUT2D eigenvalue weighted by molar-refractivity contribution is 0.412. The second-order valence-electron chi connectivity index (χ2n) is 6.60. The molecule has 3 aromatic rings. The Kier molecular flexibility index (Phi) is 6.39. The molecule has 0 radical (unpaired) electrons. The maximum absolute atomic E-state index is 14.5. The Morgan fingerprint density at radius 2 is 1.93 bits per heavy atom. The molecule has 3 N–H and O–H groups in total. The Bertz CT molecular complexity index is 1240. The number of pyridine rings is 2. The minimum atomic E-state index is -2.64. The second kappa shape index (κ2) is 8.66. The molecule has 1 aromatic carbocycles. The van der Waals surface area contributed by atoms with Crippen LogP contribution in [-0.2, 0) is 9.71 Å². The highest BCUT2D eigenvalue weighted by atomic mass is 79.9. The number of hydrogen-bond acceptors (Lipinski definition) is 5. The molecule has 30 heavy (non-hydrogen) atoms. The van der Waals surface area contributed by atoms with Gasteiger partial charge in [0.05, 0.1) is 19.0 Å². The average Bonchev–Trinajstić information content (AvgIpc) is 2.66. The van der Waals surface area contributed by atoms with Gasteiger partial charge in [-0.1, -0.05) is 0 Å². The predicted molar refractivity (Wildman–Crippen MR) is 120 cm³/mol. The number of methoxy groups -OCH3 is 1. The highest BCUT2D eigenvalue weighted by molar-refractivity contribution is 9.10. The smallest absolute Gasteiger partial charge is 0.149 e.